The van der Waals surface area contributed by atoms with Crippen molar-refractivity contribution in [2.24, 2.45) is 0 Å². The van der Waals surface area contributed by atoms with Crippen molar-refractivity contribution in [2.45, 2.75) is 44.2 Å². The first-order chi connectivity index (χ1) is 7.86. The minimum absolute atomic E-state index is 0.613. The molecule has 0 radical (unpaired) electrons. The van der Waals surface area contributed by atoms with E-state index in [1.54, 1.807) is 0 Å². The average Bonchev–Trinajstić information content (AvgIpc) is 3.13. The molecule has 1 atom stereocenters. The molecular formula is C14H20N2. The predicted octanol–water partition coefficient (Wildman–Crippen LogP) is 2.86. The highest BCUT2D eigenvalue weighted by atomic mass is 15.0. The van der Waals surface area contributed by atoms with Gasteiger partial charge in [0.05, 0.1) is 0 Å². The summed E-state index contributed by atoms with van der Waals surface area (Å²) in [5, 5.41) is 6.99. The van der Waals surface area contributed by atoms with E-state index in [-0.39, 0.29) is 0 Å². The van der Waals surface area contributed by atoms with Crippen molar-refractivity contribution in [1.29, 1.82) is 0 Å². The zero-order valence-electron chi connectivity index (χ0n) is 9.92. The quantitative estimate of drug-likeness (QED) is 0.812. The summed E-state index contributed by atoms with van der Waals surface area (Å²) in [6.45, 7) is 0. The lowest BCUT2D eigenvalue weighted by Crippen LogP contribution is -2.26. The van der Waals surface area contributed by atoms with Gasteiger partial charge in [-0.3, -0.25) is 0 Å². The Hall–Kier alpha value is -1.02. The van der Waals surface area contributed by atoms with E-state index in [1.165, 1.54) is 48.9 Å². The Morgan fingerprint density at radius 2 is 2.06 bits per heavy atom. The van der Waals surface area contributed by atoms with Crippen molar-refractivity contribution in [1.82, 2.24) is 5.32 Å². The zero-order chi connectivity index (χ0) is 11.0. The van der Waals surface area contributed by atoms with E-state index in [9.17, 15) is 0 Å². The largest absolute Gasteiger partial charge is 0.388 e. The molecule has 2 aliphatic rings. The number of rotatable bonds is 3. The standard InChI is InChI=1S/C14H20N2/c1-15-12-7-8-13-10(9-12)3-2-4-14(13)16-11-5-6-11/h7-9,11,14-16H,2-6H2,1H3. The van der Waals surface area contributed by atoms with E-state index in [0.717, 1.165) is 6.04 Å². The summed E-state index contributed by atoms with van der Waals surface area (Å²) < 4.78 is 0. The van der Waals surface area contributed by atoms with E-state index < -0.39 is 0 Å². The smallest absolute Gasteiger partial charge is 0.0340 e. The molecule has 2 N–H and O–H groups in total. The Kier molecular flexibility index (Phi) is 2.60. The summed E-state index contributed by atoms with van der Waals surface area (Å²) in [6, 6.07) is 8.24. The lowest BCUT2D eigenvalue weighted by Gasteiger charge is -2.27. The Bertz CT molecular complexity index is 382. The third-order valence-electron chi connectivity index (χ3n) is 3.76. The van der Waals surface area contributed by atoms with Crippen molar-refractivity contribution in [2.75, 3.05) is 12.4 Å². The zero-order valence-corrected chi connectivity index (χ0v) is 9.92. The molecule has 0 aromatic heterocycles. The normalized spacial score (nSPS) is 23.9. The molecule has 0 saturated heterocycles. The summed E-state index contributed by atoms with van der Waals surface area (Å²) in [6.07, 6.45) is 6.63. The summed E-state index contributed by atoms with van der Waals surface area (Å²) in [5.74, 6) is 0. The van der Waals surface area contributed by atoms with Crippen molar-refractivity contribution < 1.29 is 0 Å². The second-order valence-electron chi connectivity index (χ2n) is 5.05. The van der Waals surface area contributed by atoms with Crippen molar-refractivity contribution in [3.63, 3.8) is 0 Å². The van der Waals surface area contributed by atoms with E-state index in [2.05, 4.69) is 28.8 Å². The molecular weight excluding hydrogens is 196 g/mol. The third-order valence-corrected chi connectivity index (χ3v) is 3.76. The van der Waals surface area contributed by atoms with Crippen molar-refractivity contribution in [3.05, 3.63) is 29.3 Å². The summed E-state index contributed by atoms with van der Waals surface area (Å²) in [4.78, 5) is 0. The average molecular weight is 216 g/mol. The van der Waals surface area contributed by atoms with Gasteiger partial charge in [-0.05, 0) is 55.4 Å². The first kappa shape index (κ1) is 10.2. The molecule has 1 saturated carbocycles. The fourth-order valence-electron chi connectivity index (χ4n) is 2.68. The molecule has 2 aliphatic carbocycles. The van der Waals surface area contributed by atoms with E-state index >= 15 is 0 Å². The van der Waals surface area contributed by atoms with Gasteiger partial charge < -0.3 is 10.6 Å². The monoisotopic (exact) mass is 216 g/mol. The van der Waals surface area contributed by atoms with Gasteiger partial charge in [0.1, 0.15) is 0 Å². The maximum atomic E-state index is 3.77. The number of nitrogens with one attached hydrogen (secondary N) is 2. The topological polar surface area (TPSA) is 24.1 Å². The van der Waals surface area contributed by atoms with Crippen LogP contribution in [0.3, 0.4) is 0 Å². The van der Waals surface area contributed by atoms with Gasteiger partial charge in [-0.25, -0.2) is 0 Å². The lowest BCUT2D eigenvalue weighted by atomic mass is 9.87. The predicted molar refractivity (Wildman–Crippen MR) is 67.8 cm³/mol. The minimum atomic E-state index is 0.613. The molecule has 1 unspecified atom stereocenters. The number of hydrogen-bond donors (Lipinski definition) is 2. The lowest BCUT2D eigenvalue weighted by molar-refractivity contribution is 0.457. The van der Waals surface area contributed by atoms with Crippen LogP contribution in [0.2, 0.25) is 0 Å². The van der Waals surface area contributed by atoms with Gasteiger partial charge in [0, 0.05) is 24.8 Å². The number of anilines is 1. The fourth-order valence-corrected chi connectivity index (χ4v) is 2.68. The molecule has 3 rings (SSSR count). The van der Waals surface area contributed by atoms with Crippen LogP contribution >= 0.6 is 0 Å². The summed E-state index contributed by atoms with van der Waals surface area (Å²) in [7, 11) is 1.99. The third kappa shape index (κ3) is 1.94. The van der Waals surface area contributed by atoms with Crippen LogP contribution in [0.5, 0.6) is 0 Å². The van der Waals surface area contributed by atoms with E-state index in [1.807, 2.05) is 7.05 Å². The van der Waals surface area contributed by atoms with Crippen molar-refractivity contribution >= 4 is 5.69 Å². The van der Waals surface area contributed by atoms with Crippen molar-refractivity contribution in [3.8, 4) is 0 Å². The fraction of sp³-hybridized carbons (Fsp3) is 0.571. The first-order valence-corrected chi connectivity index (χ1v) is 6.43. The molecule has 0 bridgehead atoms. The second-order valence-corrected chi connectivity index (χ2v) is 5.05. The van der Waals surface area contributed by atoms with Crippen LogP contribution in [0.1, 0.15) is 42.9 Å². The Balaban J connectivity index is 1.85. The van der Waals surface area contributed by atoms with Crippen LogP contribution in [0.15, 0.2) is 18.2 Å². The van der Waals surface area contributed by atoms with Gasteiger partial charge in [-0.1, -0.05) is 6.07 Å². The summed E-state index contributed by atoms with van der Waals surface area (Å²) in [5.41, 5.74) is 4.32. The molecule has 0 spiro atoms. The molecule has 2 nitrogen and oxygen atoms in total. The van der Waals surface area contributed by atoms with Crippen LogP contribution in [0, 0.1) is 0 Å². The van der Waals surface area contributed by atoms with Crippen LogP contribution in [-0.4, -0.2) is 13.1 Å². The molecule has 86 valence electrons. The SMILES string of the molecule is CNc1ccc2c(c1)CCCC2NC1CC1. The van der Waals surface area contributed by atoms with Crippen LogP contribution in [0.25, 0.3) is 0 Å². The molecule has 16 heavy (non-hydrogen) atoms. The Morgan fingerprint density at radius 1 is 1.19 bits per heavy atom. The number of benzene rings is 1. The van der Waals surface area contributed by atoms with Gasteiger partial charge >= 0.3 is 0 Å². The van der Waals surface area contributed by atoms with Gasteiger partial charge in [-0.2, -0.15) is 0 Å². The van der Waals surface area contributed by atoms with Gasteiger partial charge in [0.25, 0.3) is 0 Å². The molecule has 2 heteroatoms. The highest BCUT2D eigenvalue weighted by molar-refractivity contribution is 5.49. The number of fused-ring (bicyclic) bond motifs is 1. The highest BCUT2D eigenvalue weighted by Crippen LogP contribution is 2.34. The molecule has 0 amide bonds. The Labute approximate surface area is 97.4 Å². The highest BCUT2D eigenvalue weighted by Gasteiger charge is 2.27. The molecule has 1 aromatic rings. The molecule has 1 aromatic carbocycles. The minimum Gasteiger partial charge on any atom is -0.388 e. The molecule has 1 fully saturated rings. The summed E-state index contributed by atoms with van der Waals surface area (Å²) >= 11 is 0. The van der Waals surface area contributed by atoms with Gasteiger partial charge in [0.2, 0.25) is 0 Å². The van der Waals surface area contributed by atoms with E-state index in [0.29, 0.717) is 6.04 Å². The number of aryl methyl sites for hydroxylation is 1. The number of hydrogen-bond acceptors (Lipinski definition) is 2. The Morgan fingerprint density at radius 3 is 2.81 bits per heavy atom. The first-order valence-electron chi connectivity index (χ1n) is 6.43. The van der Waals surface area contributed by atoms with Crippen LogP contribution in [0.4, 0.5) is 5.69 Å². The van der Waals surface area contributed by atoms with Crippen LogP contribution in [-0.2, 0) is 6.42 Å². The molecule has 0 aliphatic heterocycles. The van der Waals surface area contributed by atoms with Crippen LogP contribution < -0.4 is 10.6 Å². The van der Waals surface area contributed by atoms with Gasteiger partial charge in [-0.15, -0.1) is 0 Å². The van der Waals surface area contributed by atoms with Gasteiger partial charge in [0.15, 0.2) is 0 Å². The second kappa shape index (κ2) is 4.10. The van der Waals surface area contributed by atoms with E-state index in [4.69, 9.17) is 0 Å². The maximum absolute atomic E-state index is 3.77. The maximum Gasteiger partial charge on any atom is 0.0340 e. The molecule has 0 heterocycles.